The molecule has 2 N–H and O–H groups in total. The fourth-order valence-corrected chi connectivity index (χ4v) is 3.99. The quantitative estimate of drug-likeness (QED) is 0.851. The van der Waals surface area contributed by atoms with Gasteiger partial charge in [0.25, 0.3) is 10.0 Å². The number of hydrogen-bond acceptors (Lipinski definition) is 4. The molecule has 0 atom stereocenters. The third kappa shape index (κ3) is 3.05. The van der Waals surface area contributed by atoms with Gasteiger partial charge in [-0.1, -0.05) is 11.6 Å². The minimum absolute atomic E-state index is 0.0720. The van der Waals surface area contributed by atoms with Crippen LogP contribution in [0.3, 0.4) is 0 Å². The van der Waals surface area contributed by atoms with E-state index in [4.69, 9.17) is 16.3 Å². The highest BCUT2D eigenvalue weighted by atomic mass is 35.5. The number of fused-ring (bicyclic) bond motifs is 1. The van der Waals surface area contributed by atoms with Crippen LogP contribution in [0.4, 0.5) is 11.4 Å². The molecular formula is C17H17ClN2O4S. The highest BCUT2D eigenvalue weighted by Gasteiger charge is 2.39. The van der Waals surface area contributed by atoms with Crippen LogP contribution >= 0.6 is 11.6 Å². The molecule has 1 aliphatic heterocycles. The third-order valence-corrected chi connectivity index (χ3v) is 5.87. The molecule has 8 heteroatoms. The number of methoxy groups -OCH3 is 1. The molecule has 6 nitrogen and oxygen atoms in total. The lowest BCUT2D eigenvalue weighted by atomic mass is 9.86. The first kappa shape index (κ1) is 17.6. The molecule has 132 valence electrons. The first-order valence-corrected chi connectivity index (χ1v) is 9.33. The fraction of sp³-hybridized carbons (Fsp3) is 0.235. The lowest BCUT2D eigenvalue weighted by Crippen LogP contribution is -2.27. The number of nitrogens with one attached hydrogen (secondary N) is 2. The Morgan fingerprint density at radius 3 is 2.52 bits per heavy atom. The van der Waals surface area contributed by atoms with Gasteiger partial charge in [0.05, 0.1) is 28.1 Å². The Morgan fingerprint density at radius 1 is 1.16 bits per heavy atom. The van der Waals surface area contributed by atoms with Gasteiger partial charge in [-0.15, -0.1) is 0 Å². The van der Waals surface area contributed by atoms with Crippen LogP contribution < -0.4 is 14.8 Å². The lowest BCUT2D eigenvalue weighted by molar-refractivity contribution is -0.119. The molecule has 0 spiro atoms. The van der Waals surface area contributed by atoms with Gasteiger partial charge < -0.3 is 10.1 Å². The molecule has 0 saturated heterocycles. The van der Waals surface area contributed by atoms with Crippen molar-refractivity contribution in [2.75, 3.05) is 17.1 Å². The first-order chi connectivity index (χ1) is 11.6. The van der Waals surface area contributed by atoms with Gasteiger partial charge >= 0.3 is 0 Å². The number of amides is 1. The number of benzene rings is 2. The van der Waals surface area contributed by atoms with Crippen molar-refractivity contribution in [2.24, 2.45) is 0 Å². The molecule has 0 unspecified atom stereocenters. The minimum atomic E-state index is -3.83. The first-order valence-electron chi connectivity index (χ1n) is 7.47. The molecule has 1 heterocycles. The Labute approximate surface area is 151 Å². The van der Waals surface area contributed by atoms with E-state index in [0.29, 0.717) is 27.7 Å². The van der Waals surface area contributed by atoms with E-state index in [9.17, 15) is 13.2 Å². The Balaban J connectivity index is 1.95. The van der Waals surface area contributed by atoms with E-state index in [1.165, 1.54) is 25.3 Å². The lowest BCUT2D eigenvalue weighted by Gasteiger charge is -2.16. The number of anilines is 2. The zero-order valence-electron chi connectivity index (χ0n) is 13.9. The van der Waals surface area contributed by atoms with Crippen LogP contribution in [-0.4, -0.2) is 21.4 Å². The summed E-state index contributed by atoms with van der Waals surface area (Å²) in [5.41, 5.74) is 0.805. The van der Waals surface area contributed by atoms with E-state index in [2.05, 4.69) is 10.0 Å². The highest BCUT2D eigenvalue weighted by molar-refractivity contribution is 7.92. The number of halogens is 1. The zero-order valence-corrected chi connectivity index (χ0v) is 15.5. The van der Waals surface area contributed by atoms with E-state index < -0.39 is 15.4 Å². The average Bonchev–Trinajstić information content (AvgIpc) is 2.76. The molecule has 3 rings (SSSR count). The molecule has 0 bridgehead atoms. The van der Waals surface area contributed by atoms with Crippen molar-refractivity contribution in [3.63, 3.8) is 0 Å². The van der Waals surface area contributed by atoms with Crippen molar-refractivity contribution >= 4 is 38.9 Å². The molecule has 0 saturated carbocycles. The number of sulfonamides is 1. The van der Waals surface area contributed by atoms with Crippen LogP contribution in [-0.2, 0) is 20.2 Å². The van der Waals surface area contributed by atoms with E-state index in [-0.39, 0.29) is 10.8 Å². The van der Waals surface area contributed by atoms with Crippen LogP contribution in [0.15, 0.2) is 41.3 Å². The van der Waals surface area contributed by atoms with Crippen molar-refractivity contribution in [1.82, 2.24) is 0 Å². The monoisotopic (exact) mass is 380 g/mol. The van der Waals surface area contributed by atoms with Gasteiger partial charge in [-0.25, -0.2) is 8.42 Å². The van der Waals surface area contributed by atoms with Crippen LogP contribution in [0.1, 0.15) is 19.4 Å². The van der Waals surface area contributed by atoms with Gasteiger partial charge in [0.15, 0.2) is 0 Å². The molecule has 1 amide bonds. The van der Waals surface area contributed by atoms with Crippen LogP contribution in [0.2, 0.25) is 5.02 Å². The molecule has 0 aliphatic carbocycles. The molecule has 1 aliphatic rings. The summed E-state index contributed by atoms with van der Waals surface area (Å²) >= 11 is 6.03. The SMILES string of the molecule is COc1ccc(NS(=O)(=O)c2ccc3c(c2)C(C)(C)C(=O)N3)cc1Cl. The van der Waals surface area contributed by atoms with Crippen LogP contribution in [0.25, 0.3) is 0 Å². The second-order valence-electron chi connectivity index (χ2n) is 6.24. The zero-order chi connectivity index (χ0) is 18.4. The Morgan fingerprint density at radius 2 is 1.88 bits per heavy atom. The van der Waals surface area contributed by atoms with Crippen molar-refractivity contribution in [3.8, 4) is 5.75 Å². The minimum Gasteiger partial charge on any atom is -0.495 e. The van der Waals surface area contributed by atoms with E-state index in [1.807, 2.05) is 0 Å². The van der Waals surface area contributed by atoms with Crippen LogP contribution in [0.5, 0.6) is 5.75 Å². The smallest absolute Gasteiger partial charge is 0.261 e. The fourth-order valence-electron chi connectivity index (χ4n) is 2.66. The molecule has 25 heavy (non-hydrogen) atoms. The van der Waals surface area contributed by atoms with E-state index >= 15 is 0 Å². The standard InChI is InChI=1S/C17H17ClN2O4S/c1-17(2)12-9-11(5-6-14(12)19-16(17)21)25(22,23)20-10-4-7-15(24-3)13(18)8-10/h4-9,20H,1-3H3,(H,19,21). The van der Waals surface area contributed by atoms with Gasteiger partial charge in [0.2, 0.25) is 5.91 Å². The maximum absolute atomic E-state index is 12.7. The van der Waals surface area contributed by atoms with Crippen molar-refractivity contribution in [2.45, 2.75) is 24.2 Å². The molecule has 2 aromatic carbocycles. The Hall–Kier alpha value is -2.25. The van der Waals surface area contributed by atoms with Crippen molar-refractivity contribution < 1.29 is 17.9 Å². The summed E-state index contributed by atoms with van der Waals surface area (Å²) in [6.45, 7) is 3.50. The summed E-state index contributed by atoms with van der Waals surface area (Å²) in [5, 5.41) is 3.05. The number of hydrogen-bond donors (Lipinski definition) is 2. The topological polar surface area (TPSA) is 84.5 Å². The summed E-state index contributed by atoms with van der Waals surface area (Å²) in [6, 6.07) is 9.17. The number of rotatable bonds is 4. The van der Waals surface area contributed by atoms with Gasteiger partial charge in [0, 0.05) is 5.69 Å². The summed E-state index contributed by atoms with van der Waals surface area (Å²) in [4.78, 5) is 12.1. The van der Waals surface area contributed by atoms with Gasteiger partial charge in [-0.3, -0.25) is 9.52 Å². The maximum atomic E-state index is 12.7. The largest absolute Gasteiger partial charge is 0.495 e. The molecule has 2 aromatic rings. The molecule has 0 fully saturated rings. The predicted molar refractivity (Wildman–Crippen MR) is 96.9 cm³/mol. The van der Waals surface area contributed by atoms with Gasteiger partial charge in [-0.2, -0.15) is 0 Å². The normalized spacial score (nSPS) is 15.4. The van der Waals surface area contributed by atoms with Gasteiger partial charge in [-0.05, 0) is 55.8 Å². The summed E-state index contributed by atoms with van der Waals surface area (Å²) < 4.78 is 32.9. The summed E-state index contributed by atoms with van der Waals surface area (Å²) in [5.74, 6) is 0.292. The second-order valence-corrected chi connectivity index (χ2v) is 8.33. The van der Waals surface area contributed by atoms with Crippen molar-refractivity contribution in [3.05, 3.63) is 47.0 Å². The van der Waals surface area contributed by atoms with Gasteiger partial charge in [0.1, 0.15) is 5.75 Å². The molecular weight excluding hydrogens is 364 g/mol. The summed E-state index contributed by atoms with van der Waals surface area (Å²) in [7, 11) is -2.35. The Bertz CT molecular complexity index is 971. The van der Waals surface area contributed by atoms with E-state index in [1.54, 1.807) is 32.0 Å². The third-order valence-electron chi connectivity index (χ3n) is 4.19. The Kier molecular flexibility index (Phi) is 4.17. The highest BCUT2D eigenvalue weighted by Crippen LogP contribution is 2.38. The number of carbonyl (C=O) groups excluding carboxylic acids is 1. The predicted octanol–water partition coefficient (Wildman–Crippen LogP) is 3.38. The second kappa shape index (κ2) is 5.93. The van der Waals surface area contributed by atoms with Crippen molar-refractivity contribution in [1.29, 1.82) is 0 Å². The average molecular weight is 381 g/mol. The van der Waals surface area contributed by atoms with Crippen LogP contribution in [0, 0.1) is 0 Å². The maximum Gasteiger partial charge on any atom is 0.261 e. The molecule has 0 radical (unpaired) electrons. The number of ether oxygens (including phenoxy) is 1. The number of carbonyl (C=O) groups is 1. The molecule has 0 aromatic heterocycles. The summed E-state index contributed by atoms with van der Waals surface area (Å²) in [6.07, 6.45) is 0. The van der Waals surface area contributed by atoms with E-state index in [0.717, 1.165) is 0 Å².